The van der Waals surface area contributed by atoms with Gasteiger partial charge in [-0.3, -0.25) is 9.97 Å². The number of hydrogen-bond donors (Lipinski definition) is 1. The van der Waals surface area contributed by atoms with Gasteiger partial charge in [0, 0.05) is 24.8 Å². The molecule has 80 valence electrons. The van der Waals surface area contributed by atoms with Crippen LogP contribution in [0.15, 0.2) is 43.0 Å². The summed E-state index contributed by atoms with van der Waals surface area (Å²) in [6.45, 7) is 0. The summed E-state index contributed by atoms with van der Waals surface area (Å²) in [5.74, 6) is -0.947. The lowest BCUT2D eigenvalue weighted by molar-refractivity contribution is 0.0695. The molecule has 16 heavy (non-hydrogen) atoms. The standard InChI is InChI=1S/C12H10N2O2/c15-12(16)11-8-14-6-3-10(11)7-9-1-4-13-5-2-9/h1-6,8H,7H2,(H,15,16). The third-order valence-corrected chi connectivity index (χ3v) is 2.29. The minimum absolute atomic E-state index is 0.249. The topological polar surface area (TPSA) is 63.1 Å². The second-order valence-electron chi connectivity index (χ2n) is 3.37. The fourth-order valence-corrected chi connectivity index (χ4v) is 1.49. The third kappa shape index (κ3) is 2.23. The van der Waals surface area contributed by atoms with Crippen LogP contribution in [0.5, 0.6) is 0 Å². The number of nitrogens with zero attached hydrogens (tertiary/aromatic N) is 2. The molecule has 0 atom stereocenters. The van der Waals surface area contributed by atoms with Gasteiger partial charge in [0.1, 0.15) is 0 Å². The van der Waals surface area contributed by atoms with Crippen LogP contribution in [0, 0.1) is 0 Å². The van der Waals surface area contributed by atoms with Gasteiger partial charge in [0.25, 0.3) is 0 Å². The molecule has 2 rings (SSSR count). The van der Waals surface area contributed by atoms with Crippen LogP contribution < -0.4 is 0 Å². The Kier molecular flexibility index (Phi) is 2.91. The average molecular weight is 214 g/mol. The number of carbonyl (C=O) groups is 1. The molecule has 0 radical (unpaired) electrons. The van der Waals surface area contributed by atoms with Crippen LogP contribution >= 0.6 is 0 Å². The summed E-state index contributed by atoms with van der Waals surface area (Å²) in [7, 11) is 0. The molecule has 4 heteroatoms. The highest BCUT2D eigenvalue weighted by atomic mass is 16.4. The Bertz CT molecular complexity index is 497. The molecule has 0 bridgehead atoms. The molecule has 0 aliphatic heterocycles. The van der Waals surface area contributed by atoms with Crippen LogP contribution in [-0.2, 0) is 6.42 Å². The second-order valence-corrected chi connectivity index (χ2v) is 3.37. The van der Waals surface area contributed by atoms with E-state index in [2.05, 4.69) is 9.97 Å². The maximum Gasteiger partial charge on any atom is 0.337 e. The number of rotatable bonds is 3. The quantitative estimate of drug-likeness (QED) is 0.845. The molecule has 0 spiro atoms. The van der Waals surface area contributed by atoms with E-state index in [1.807, 2.05) is 12.1 Å². The average Bonchev–Trinajstić information content (AvgIpc) is 2.31. The molecule has 0 saturated heterocycles. The summed E-state index contributed by atoms with van der Waals surface area (Å²) in [6, 6.07) is 5.46. The molecule has 1 N–H and O–H groups in total. The molecule has 0 aromatic carbocycles. The zero-order chi connectivity index (χ0) is 11.4. The summed E-state index contributed by atoms with van der Waals surface area (Å²) in [5, 5.41) is 8.99. The molecule has 2 heterocycles. The Hall–Kier alpha value is -2.23. The van der Waals surface area contributed by atoms with Crippen molar-refractivity contribution in [2.75, 3.05) is 0 Å². The smallest absolute Gasteiger partial charge is 0.337 e. The predicted molar refractivity (Wildman–Crippen MR) is 58.2 cm³/mol. The molecular weight excluding hydrogens is 204 g/mol. The maximum atomic E-state index is 11.0. The van der Waals surface area contributed by atoms with Crippen LogP contribution in [0.1, 0.15) is 21.5 Å². The molecule has 0 amide bonds. The molecular formula is C12H10N2O2. The molecule has 0 saturated carbocycles. The van der Waals surface area contributed by atoms with Crippen molar-refractivity contribution < 1.29 is 9.90 Å². The van der Waals surface area contributed by atoms with E-state index in [1.165, 1.54) is 6.20 Å². The SMILES string of the molecule is O=C(O)c1cnccc1Cc1ccncc1. The van der Waals surface area contributed by atoms with E-state index in [-0.39, 0.29) is 5.56 Å². The lowest BCUT2D eigenvalue weighted by atomic mass is 10.0. The van der Waals surface area contributed by atoms with Crippen molar-refractivity contribution in [3.8, 4) is 0 Å². The van der Waals surface area contributed by atoms with E-state index < -0.39 is 5.97 Å². The molecule has 0 aliphatic carbocycles. The summed E-state index contributed by atoms with van der Waals surface area (Å²) in [5.41, 5.74) is 2.04. The van der Waals surface area contributed by atoms with Crippen molar-refractivity contribution >= 4 is 5.97 Å². The van der Waals surface area contributed by atoms with Crippen molar-refractivity contribution in [3.63, 3.8) is 0 Å². The van der Waals surface area contributed by atoms with Crippen LogP contribution in [0.25, 0.3) is 0 Å². The van der Waals surface area contributed by atoms with Crippen molar-refractivity contribution in [3.05, 3.63) is 59.7 Å². The van der Waals surface area contributed by atoms with Crippen molar-refractivity contribution in [2.45, 2.75) is 6.42 Å². The highest BCUT2D eigenvalue weighted by Gasteiger charge is 2.09. The van der Waals surface area contributed by atoms with Gasteiger partial charge in [-0.15, -0.1) is 0 Å². The Balaban J connectivity index is 2.31. The van der Waals surface area contributed by atoms with Crippen LogP contribution in [-0.4, -0.2) is 21.0 Å². The Morgan fingerprint density at radius 1 is 1.12 bits per heavy atom. The van der Waals surface area contributed by atoms with Gasteiger partial charge in [-0.1, -0.05) is 0 Å². The Morgan fingerprint density at radius 2 is 1.81 bits per heavy atom. The van der Waals surface area contributed by atoms with E-state index in [0.29, 0.717) is 6.42 Å². The van der Waals surface area contributed by atoms with Gasteiger partial charge < -0.3 is 5.11 Å². The van der Waals surface area contributed by atoms with Crippen LogP contribution in [0.3, 0.4) is 0 Å². The third-order valence-electron chi connectivity index (χ3n) is 2.29. The molecule has 4 nitrogen and oxygen atoms in total. The van der Waals surface area contributed by atoms with Gasteiger partial charge in [-0.05, 0) is 35.7 Å². The maximum absolute atomic E-state index is 11.0. The summed E-state index contributed by atoms with van der Waals surface area (Å²) in [6.07, 6.45) is 6.93. The van der Waals surface area contributed by atoms with Crippen molar-refractivity contribution in [2.24, 2.45) is 0 Å². The Morgan fingerprint density at radius 3 is 2.50 bits per heavy atom. The Labute approximate surface area is 92.6 Å². The molecule has 2 aromatic rings. The highest BCUT2D eigenvalue weighted by Crippen LogP contribution is 2.12. The van der Waals surface area contributed by atoms with Crippen LogP contribution in [0.2, 0.25) is 0 Å². The molecule has 0 unspecified atom stereocenters. The van der Waals surface area contributed by atoms with Gasteiger partial charge in [-0.2, -0.15) is 0 Å². The first kappa shape index (κ1) is 10.3. The molecule has 0 aliphatic rings. The van der Waals surface area contributed by atoms with E-state index >= 15 is 0 Å². The summed E-state index contributed by atoms with van der Waals surface area (Å²) >= 11 is 0. The predicted octanol–water partition coefficient (Wildman–Crippen LogP) is 1.77. The fourth-order valence-electron chi connectivity index (χ4n) is 1.49. The van der Waals surface area contributed by atoms with Crippen molar-refractivity contribution in [1.29, 1.82) is 0 Å². The van der Waals surface area contributed by atoms with E-state index in [1.54, 1.807) is 24.7 Å². The first-order valence-corrected chi connectivity index (χ1v) is 4.82. The second kappa shape index (κ2) is 4.53. The first-order valence-electron chi connectivity index (χ1n) is 4.82. The van der Waals surface area contributed by atoms with Gasteiger partial charge in [0.2, 0.25) is 0 Å². The van der Waals surface area contributed by atoms with Gasteiger partial charge >= 0.3 is 5.97 Å². The summed E-state index contributed by atoms with van der Waals surface area (Å²) < 4.78 is 0. The van der Waals surface area contributed by atoms with Gasteiger partial charge in [-0.25, -0.2) is 4.79 Å². The first-order chi connectivity index (χ1) is 7.77. The lowest BCUT2D eigenvalue weighted by Gasteiger charge is -2.04. The lowest BCUT2D eigenvalue weighted by Crippen LogP contribution is -2.03. The summed E-state index contributed by atoms with van der Waals surface area (Å²) in [4.78, 5) is 18.7. The van der Waals surface area contributed by atoms with Gasteiger partial charge in [0.15, 0.2) is 0 Å². The zero-order valence-corrected chi connectivity index (χ0v) is 8.50. The molecule has 2 aromatic heterocycles. The molecule has 0 fully saturated rings. The van der Waals surface area contributed by atoms with Crippen LogP contribution in [0.4, 0.5) is 0 Å². The van der Waals surface area contributed by atoms with Gasteiger partial charge in [0.05, 0.1) is 5.56 Å². The largest absolute Gasteiger partial charge is 0.478 e. The number of carboxylic acids is 1. The monoisotopic (exact) mass is 214 g/mol. The fraction of sp³-hybridized carbons (Fsp3) is 0.0833. The van der Waals surface area contributed by atoms with E-state index in [9.17, 15) is 4.79 Å². The number of hydrogen-bond acceptors (Lipinski definition) is 3. The number of aromatic nitrogens is 2. The zero-order valence-electron chi connectivity index (χ0n) is 8.50. The van der Waals surface area contributed by atoms with E-state index in [0.717, 1.165) is 11.1 Å². The van der Waals surface area contributed by atoms with Crippen molar-refractivity contribution in [1.82, 2.24) is 9.97 Å². The van der Waals surface area contributed by atoms with E-state index in [4.69, 9.17) is 5.11 Å². The minimum atomic E-state index is -0.947. The highest BCUT2D eigenvalue weighted by molar-refractivity contribution is 5.89. The minimum Gasteiger partial charge on any atom is -0.478 e. The number of carboxylic acid groups (broad SMARTS) is 1. The number of pyridine rings is 2. The normalized spacial score (nSPS) is 10.0. The number of aromatic carboxylic acids is 1.